The van der Waals surface area contributed by atoms with Crippen LogP contribution >= 0.6 is 0 Å². The van der Waals surface area contributed by atoms with E-state index in [0.717, 1.165) is 26.1 Å². The highest BCUT2D eigenvalue weighted by atomic mass is 16.3. The molecule has 0 radical (unpaired) electrons. The van der Waals surface area contributed by atoms with Crippen molar-refractivity contribution in [1.82, 2.24) is 4.90 Å². The highest BCUT2D eigenvalue weighted by Crippen LogP contribution is 2.19. The fraction of sp³-hybridized carbons (Fsp3) is 0.538. The standard InChI is InChI=1S/C13H19NO2/c1-10-6-7-14(9-13(10)16)8-11-2-4-12(15)5-3-11/h2-5,10,13,15-16H,6-9H2,1H3. The predicted octanol–water partition coefficient (Wildman–Crippen LogP) is 1.59. The van der Waals surface area contributed by atoms with Crippen LogP contribution in [0.2, 0.25) is 0 Å². The molecule has 1 aromatic carbocycles. The van der Waals surface area contributed by atoms with E-state index in [1.54, 1.807) is 12.1 Å². The van der Waals surface area contributed by atoms with Crippen LogP contribution in [0.15, 0.2) is 24.3 Å². The average Bonchev–Trinajstić information content (AvgIpc) is 2.27. The van der Waals surface area contributed by atoms with Crippen molar-refractivity contribution in [2.75, 3.05) is 13.1 Å². The molecule has 16 heavy (non-hydrogen) atoms. The van der Waals surface area contributed by atoms with Gasteiger partial charge in [0.05, 0.1) is 6.10 Å². The van der Waals surface area contributed by atoms with Gasteiger partial charge >= 0.3 is 0 Å². The first-order valence-corrected chi connectivity index (χ1v) is 5.83. The number of nitrogens with zero attached hydrogens (tertiary/aromatic N) is 1. The molecule has 1 aliphatic rings. The molecule has 0 saturated carbocycles. The summed E-state index contributed by atoms with van der Waals surface area (Å²) in [6, 6.07) is 7.27. The fourth-order valence-electron chi connectivity index (χ4n) is 2.12. The van der Waals surface area contributed by atoms with E-state index in [9.17, 15) is 10.2 Å². The summed E-state index contributed by atoms with van der Waals surface area (Å²) in [5.74, 6) is 0.715. The van der Waals surface area contributed by atoms with Crippen molar-refractivity contribution in [3.05, 3.63) is 29.8 Å². The van der Waals surface area contributed by atoms with Gasteiger partial charge in [-0.1, -0.05) is 19.1 Å². The van der Waals surface area contributed by atoms with Crippen LogP contribution in [0.25, 0.3) is 0 Å². The van der Waals surface area contributed by atoms with E-state index >= 15 is 0 Å². The molecule has 0 aromatic heterocycles. The van der Waals surface area contributed by atoms with Crippen molar-refractivity contribution in [1.29, 1.82) is 0 Å². The Morgan fingerprint density at radius 3 is 2.62 bits per heavy atom. The van der Waals surface area contributed by atoms with Gasteiger partial charge in [0.15, 0.2) is 0 Å². The summed E-state index contributed by atoms with van der Waals surface area (Å²) in [6.07, 6.45) is 0.852. The van der Waals surface area contributed by atoms with Crippen LogP contribution in [0.1, 0.15) is 18.9 Å². The number of aliphatic hydroxyl groups is 1. The molecule has 2 atom stereocenters. The molecule has 1 fully saturated rings. The van der Waals surface area contributed by atoms with Gasteiger partial charge in [-0.2, -0.15) is 0 Å². The zero-order chi connectivity index (χ0) is 11.5. The molecule has 0 spiro atoms. The zero-order valence-corrected chi connectivity index (χ0v) is 9.63. The first kappa shape index (κ1) is 11.4. The number of phenols is 1. The smallest absolute Gasteiger partial charge is 0.115 e. The highest BCUT2D eigenvalue weighted by Gasteiger charge is 2.23. The van der Waals surface area contributed by atoms with Crippen LogP contribution in [0, 0.1) is 5.92 Å². The number of hydrogen-bond donors (Lipinski definition) is 2. The van der Waals surface area contributed by atoms with E-state index in [-0.39, 0.29) is 6.10 Å². The molecule has 0 amide bonds. The molecular weight excluding hydrogens is 202 g/mol. The summed E-state index contributed by atoms with van der Waals surface area (Å²) in [6.45, 7) is 4.74. The maximum Gasteiger partial charge on any atom is 0.115 e. The van der Waals surface area contributed by atoms with E-state index in [4.69, 9.17) is 0 Å². The lowest BCUT2D eigenvalue weighted by molar-refractivity contribution is 0.0259. The number of likely N-dealkylation sites (tertiary alicyclic amines) is 1. The second kappa shape index (κ2) is 4.85. The Morgan fingerprint density at radius 1 is 1.31 bits per heavy atom. The zero-order valence-electron chi connectivity index (χ0n) is 9.63. The number of aliphatic hydroxyl groups excluding tert-OH is 1. The normalized spacial score (nSPS) is 26.9. The Bertz CT molecular complexity index is 336. The summed E-state index contributed by atoms with van der Waals surface area (Å²) in [5, 5.41) is 19.0. The van der Waals surface area contributed by atoms with Gasteiger partial charge in [-0.15, -0.1) is 0 Å². The second-order valence-corrected chi connectivity index (χ2v) is 4.73. The molecule has 88 valence electrons. The van der Waals surface area contributed by atoms with Crippen molar-refractivity contribution < 1.29 is 10.2 Å². The lowest BCUT2D eigenvalue weighted by atomic mass is 9.96. The van der Waals surface area contributed by atoms with Gasteiger partial charge < -0.3 is 10.2 Å². The lowest BCUT2D eigenvalue weighted by Gasteiger charge is -2.34. The van der Waals surface area contributed by atoms with Crippen LogP contribution in [0.4, 0.5) is 0 Å². The quantitative estimate of drug-likeness (QED) is 0.797. The Labute approximate surface area is 96.3 Å². The maximum atomic E-state index is 9.79. The van der Waals surface area contributed by atoms with Gasteiger partial charge in [0.25, 0.3) is 0 Å². The van der Waals surface area contributed by atoms with E-state index in [1.807, 2.05) is 12.1 Å². The van der Waals surface area contributed by atoms with Crippen LogP contribution in [-0.2, 0) is 6.54 Å². The number of phenolic OH excluding ortho intramolecular Hbond substituents is 1. The average molecular weight is 221 g/mol. The lowest BCUT2D eigenvalue weighted by Crippen LogP contribution is -2.42. The van der Waals surface area contributed by atoms with Crippen LogP contribution in [0.5, 0.6) is 5.75 Å². The van der Waals surface area contributed by atoms with Crippen LogP contribution in [0.3, 0.4) is 0 Å². The van der Waals surface area contributed by atoms with Gasteiger partial charge in [-0.3, -0.25) is 4.90 Å². The molecule has 1 heterocycles. The molecule has 0 bridgehead atoms. The largest absolute Gasteiger partial charge is 0.508 e. The van der Waals surface area contributed by atoms with Crippen LogP contribution in [-0.4, -0.2) is 34.3 Å². The minimum atomic E-state index is -0.203. The first-order valence-electron chi connectivity index (χ1n) is 5.83. The molecule has 1 aromatic rings. The monoisotopic (exact) mass is 221 g/mol. The minimum absolute atomic E-state index is 0.203. The molecule has 1 saturated heterocycles. The van der Waals surface area contributed by atoms with Crippen molar-refractivity contribution in [2.45, 2.75) is 26.0 Å². The Hall–Kier alpha value is -1.06. The van der Waals surface area contributed by atoms with Gasteiger partial charge in [-0.25, -0.2) is 0 Å². The number of aromatic hydroxyl groups is 1. The minimum Gasteiger partial charge on any atom is -0.508 e. The molecule has 3 heteroatoms. The second-order valence-electron chi connectivity index (χ2n) is 4.73. The first-order chi connectivity index (χ1) is 7.65. The number of hydrogen-bond acceptors (Lipinski definition) is 3. The van der Waals surface area contributed by atoms with Gasteiger partial charge in [0.2, 0.25) is 0 Å². The highest BCUT2D eigenvalue weighted by molar-refractivity contribution is 5.25. The van der Waals surface area contributed by atoms with Crippen molar-refractivity contribution in [3.8, 4) is 5.75 Å². The number of piperidine rings is 1. The molecule has 0 aliphatic carbocycles. The van der Waals surface area contributed by atoms with Gasteiger partial charge in [-0.05, 0) is 36.6 Å². The van der Waals surface area contributed by atoms with Crippen molar-refractivity contribution >= 4 is 0 Å². The topological polar surface area (TPSA) is 43.7 Å². The van der Waals surface area contributed by atoms with Gasteiger partial charge in [0.1, 0.15) is 5.75 Å². The van der Waals surface area contributed by atoms with Crippen molar-refractivity contribution in [3.63, 3.8) is 0 Å². The Morgan fingerprint density at radius 2 is 2.00 bits per heavy atom. The molecule has 2 rings (SSSR count). The third-order valence-electron chi connectivity index (χ3n) is 3.35. The molecule has 2 unspecified atom stereocenters. The van der Waals surface area contributed by atoms with E-state index in [2.05, 4.69) is 11.8 Å². The van der Waals surface area contributed by atoms with Crippen molar-refractivity contribution in [2.24, 2.45) is 5.92 Å². The van der Waals surface area contributed by atoms with E-state index in [0.29, 0.717) is 11.7 Å². The molecular formula is C13H19NO2. The van der Waals surface area contributed by atoms with Crippen LogP contribution < -0.4 is 0 Å². The SMILES string of the molecule is CC1CCN(Cc2ccc(O)cc2)CC1O. The Kier molecular flexibility index (Phi) is 3.46. The molecule has 1 aliphatic heterocycles. The summed E-state index contributed by atoms with van der Waals surface area (Å²) in [4.78, 5) is 2.26. The number of rotatable bonds is 2. The number of β-amino-alcohol motifs (C(OH)–C–C–N with tert-alkyl or cyclic N) is 1. The predicted molar refractivity (Wildman–Crippen MR) is 63.2 cm³/mol. The Balaban J connectivity index is 1.93. The summed E-state index contributed by atoms with van der Waals surface area (Å²) in [5.41, 5.74) is 1.18. The van der Waals surface area contributed by atoms with E-state index < -0.39 is 0 Å². The third kappa shape index (κ3) is 2.74. The molecule has 3 nitrogen and oxygen atoms in total. The van der Waals surface area contributed by atoms with E-state index in [1.165, 1.54) is 5.56 Å². The third-order valence-corrected chi connectivity index (χ3v) is 3.35. The molecule has 2 N–H and O–H groups in total. The summed E-state index contributed by atoms with van der Waals surface area (Å²) in [7, 11) is 0. The fourth-order valence-corrected chi connectivity index (χ4v) is 2.12. The number of benzene rings is 1. The summed E-state index contributed by atoms with van der Waals surface area (Å²) < 4.78 is 0. The van der Waals surface area contributed by atoms with Gasteiger partial charge in [0, 0.05) is 13.1 Å². The summed E-state index contributed by atoms with van der Waals surface area (Å²) >= 11 is 0. The maximum absolute atomic E-state index is 9.79.